The maximum atomic E-state index is 13.0. The van der Waals surface area contributed by atoms with Gasteiger partial charge in [0.1, 0.15) is 11.8 Å². The van der Waals surface area contributed by atoms with E-state index in [-0.39, 0.29) is 11.6 Å². The van der Waals surface area contributed by atoms with E-state index < -0.39 is 0 Å². The summed E-state index contributed by atoms with van der Waals surface area (Å²) in [5.41, 5.74) is 3.70. The predicted octanol–water partition coefficient (Wildman–Crippen LogP) is 3.43. The molecule has 8 heteroatoms. The molecule has 1 unspecified atom stereocenters. The van der Waals surface area contributed by atoms with Gasteiger partial charge in [-0.15, -0.1) is 0 Å². The first-order valence-corrected chi connectivity index (χ1v) is 9.17. The molecule has 1 aromatic carbocycles. The van der Waals surface area contributed by atoms with Gasteiger partial charge >= 0.3 is 0 Å². The fourth-order valence-corrected chi connectivity index (χ4v) is 3.49. The van der Waals surface area contributed by atoms with E-state index in [0.29, 0.717) is 16.9 Å². The number of anilines is 1. The number of imidazole rings is 1. The molecule has 5 aromatic rings. The van der Waals surface area contributed by atoms with E-state index in [0.717, 1.165) is 27.7 Å². The average molecular weight is 383 g/mol. The molecule has 3 N–H and O–H groups in total. The standard InChI is InChI=1S/C21H17N7O/c1-12(27-20-18-19(24-10-23-18)25-11-26-20)16-8-13-4-2-6-15(17(13)21(29)28-16)14-5-3-7-22-9-14/h2-12H,1H3,(H,28,29)(H2,23,24,25,26,27). The molecule has 5 rings (SSSR count). The summed E-state index contributed by atoms with van der Waals surface area (Å²) in [4.78, 5) is 35.7. The van der Waals surface area contributed by atoms with Crippen molar-refractivity contribution in [3.63, 3.8) is 0 Å². The predicted molar refractivity (Wildman–Crippen MR) is 112 cm³/mol. The molecule has 0 fully saturated rings. The van der Waals surface area contributed by atoms with Crippen molar-refractivity contribution in [1.82, 2.24) is 29.9 Å². The molecule has 1 atom stereocenters. The van der Waals surface area contributed by atoms with Gasteiger partial charge in [0, 0.05) is 23.7 Å². The zero-order valence-electron chi connectivity index (χ0n) is 15.5. The highest BCUT2D eigenvalue weighted by molar-refractivity contribution is 5.96. The molecular formula is C21H17N7O. The normalized spacial score (nSPS) is 12.3. The minimum Gasteiger partial charge on any atom is -0.360 e. The SMILES string of the molecule is CC(Nc1ncnc2nc[nH]c12)c1cc2cccc(-c3cccnc3)c2c(=O)[nH]1. The zero-order chi connectivity index (χ0) is 19.8. The Balaban J connectivity index is 1.56. The molecule has 142 valence electrons. The molecule has 0 radical (unpaired) electrons. The van der Waals surface area contributed by atoms with Gasteiger partial charge in [-0.25, -0.2) is 15.0 Å². The van der Waals surface area contributed by atoms with Crippen LogP contribution in [0, 0.1) is 0 Å². The number of aromatic nitrogens is 6. The number of fused-ring (bicyclic) bond motifs is 2. The largest absolute Gasteiger partial charge is 0.360 e. The molecule has 0 amide bonds. The lowest BCUT2D eigenvalue weighted by Gasteiger charge is -2.16. The van der Waals surface area contributed by atoms with Crippen LogP contribution in [-0.2, 0) is 0 Å². The van der Waals surface area contributed by atoms with Crippen molar-refractivity contribution in [1.29, 1.82) is 0 Å². The van der Waals surface area contributed by atoms with Gasteiger partial charge in [0.15, 0.2) is 11.5 Å². The van der Waals surface area contributed by atoms with Gasteiger partial charge in [0.2, 0.25) is 0 Å². The monoisotopic (exact) mass is 383 g/mol. The summed E-state index contributed by atoms with van der Waals surface area (Å²) in [6.07, 6.45) is 6.51. The third-order valence-corrected chi connectivity index (χ3v) is 4.91. The van der Waals surface area contributed by atoms with Gasteiger partial charge in [-0.3, -0.25) is 9.78 Å². The Hall–Kier alpha value is -4.07. The first-order chi connectivity index (χ1) is 14.2. The smallest absolute Gasteiger partial charge is 0.256 e. The van der Waals surface area contributed by atoms with Crippen molar-refractivity contribution in [3.8, 4) is 11.1 Å². The molecular weight excluding hydrogens is 366 g/mol. The molecule has 0 spiro atoms. The Labute approximate surface area is 165 Å². The quantitative estimate of drug-likeness (QED) is 0.438. The van der Waals surface area contributed by atoms with Crippen LogP contribution < -0.4 is 10.9 Å². The van der Waals surface area contributed by atoms with Crippen molar-refractivity contribution >= 4 is 27.8 Å². The summed E-state index contributed by atoms with van der Waals surface area (Å²) in [6, 6.07) is 11.4. The number of hydrogen-bond acceptors (Lipinski definition) is 6. The number of rotatable bonds is 4. The van der Waals surface area contributed by atoms with Crippen LogP contribution in [-0.4, -0.2) is 29.9 Å². The number of benzene rings is 1. The highest BCUT2D eigenvalue weighted by Crippen LogP contribution is 2.27. The Morgan fingerprint density at radius 3 is 2.90 bits per heavy atom. The third kappa shape index (κ3) is 3.00. The average Bonchev–Trinajstić information content (AvgIpc) is 3.24. The van der Waals surface area contributed by atoms with Crippen molar-refractivity contribution in [2.45, 2.75) is 13.0 Å². The second-order valence-electron chi connectivity index (χ2n) is 6.75. The zero-order valence-corrected chi connectivity index (χ0v) is 15.5. The molecule has 0 saturated heterocycles. The van der Waals surface area contributed by atoms with Crippen LogP contribution in [0.15, 0.2) is 66.2 Å². The molecule has 4 heterocycles. The second-order valence-corrected chi connectivity index (χ2v) is 6.75. The summed E-state index contributed by atoms with van der Waals surface area (Å²) >= 11 is 0. The lowest BCUT2D eigenvalue weighted by molar-refractivity contribution is 0.830. The first kappa shape index (κ1) is 17.1. The molecule has 0 saturated carbocycles. The number of nitrogens with one attached hydrogen (secondary N) is 3. The van der Waals surface area contributed by atoms with Gasteiger partial charge in [-0.2, -0.15) is 0 Å². The molecule has 0 aliphatic heterocycles. The van der Waals surface area contributed by atoms with Crippen LogP contribution in [0.25, 0.3) is 33.1 Å². The van der Waals surface area contributed by atoms with E-state index in [1.165, 1.54) is 6.33 Å². The number of nitrogens with zero attached hydrogens (tertiary/aromatic N) is 4. The van der Waals surface area contributed by atoms with Gasteiger partial charge in [0.25, 0.3) is 5.56 Å². The Morgan fingerprint density at radius 2 is 2.03 bits per heavy atom. The molecule has 0 bridgehead atoms. The summed E-state index contributed by atoms with van der Waals surface area (Å²) in [6.45, 7) is 1.96. The maximum absolute atomic E-state index is 13.0. The Kier molecular flexibility index (Phi) is 4.02. The topological polar surface area (TPSA) is 112 Å². The minimum atomic E-state index is -0.185. The summed E-state index contributed by atoms with van der Waals surface area (Å²) in [5.74, 6) is 0.630. The van der Waals surface area contributed by atoms with E-state index >= 15 is 0 Å². The van der Waals surface area contributed by atoms with Gasteiger partial charge in [0.05, 0.1) is 17.8 Å². The Morgan fingerprint density at radius 1 is 1.10 bits per heavy atom. The summed E-state index contributed by atoms with van der Waals surface area (Å²) in [7, 11) is 0. The van der Waals surface area contributed by atoms with Gasteiger partial charge in [-0.1, -0.05) is 24.3 Å². The lowest BCUT2D eigenvalue weighted by atomic mass is 9.99. The van der Waals surface area contributed by atoms with Crippen molar-refractivity contribution in [3.05, 3.63) is 77.5 Å². The van der Waals surface area contributed by atoms with Crippen molar-refractivity contribution in [2.75, 3.05) is 5.32 Å². The van der Waals surface area contributed by atoms with E-state index in [9.17, 15) is 4.79 Å². The van der Waals surface area contributed by atoms with Gasteiger partial charge in [-0.05, 0) is 30.0 Å². The van der Waals surface area contributed by atoms with Crippen LogP contribution >= 0.6 is 0 Å². The highest BCUT2D eigenvalue weighted by atomic mass is 16.1. The van der Waals surface area contributed by atoms with Crippen LogP contribution in [0.1, 0.15) is 18.7 Å². The van der Waals surface area contributed by atoms with Crippen molar-refractivity contribution < 1.29 is 0 Å². The number of hydrogen-bond donors (Lipinski definition) is 3. The Bertz CT molecular complexity index is 1370. The maximum Gasteiger partial charge on any atom is 0.256 e. The molecule has 4 aromatic heterocycles. The van der Waals surface area contributed by atoms with E-state index in [2.05, 4.69) is 35.2 Å². The molecule has 0 aliphatic carbocycles. The van der Waals surface area contributed by atoms with Gasteiger partial charge < -0.3 is 15.3 Å². The van der Waals surface area contributed by atoms with Crippen LogP contribution in [0.2, 0.25) is 0 Å². The number of pyridine rings is 2. The first-order valence-electron chi connectivity index (χ1n) is 9.17. The van der Waals surface area contributed by atoms with E-state index in [1.54, 1.807) is 18.7 Å². The van der Waals surface area contributed by atoms with E-state index in [1.807, 2.05) is 43.3 Å². The molecule has 0 aliphatic rings. The molecule has 29 heavy (non-hydrogen) atoms. The highest BCUT2D eigenvalue weighted by Gasteiger charge is 2.14. The second kappa shape index (κ2) is 6.83. The van der Waals surface area contributed by atoms with Crippen LogP contribution in [0.4, 0.5) is 5.82 Å². The molecule has 8 nitrogen and oxygen atoms in total. The van der Waals surface area contributed by atoms with Crippen LogP contribution in [0.3, 0.4) is 0 Å². The summed E-state index contributed by atoms with van der Waals surface area (Å²) < 4.78 is 0. The number of aromatic amines is 2. The van der Waals surface area contributed by atoms with Crippen molar-refractivity contribution in [2.24, 2.45) is 0 Å². The fraction of sp³-hybridized carbons (Fsp3) is 0.0952. The fourth-order valence-electron chi connectivity index (χ4n) is 3.49. The van der Waals surface area contributed by atoms with E-state index in [4.69, 9.17) is 0 Å². The number of H-pyrrole nitrogens is 2. The van der Waals surface area contributed by atoms with Crippen LogP contribution in [0.5, 0.6) is 0 Å². The third-order valence-electron chi connectivity index (χ3n) is 4.91. The summed E-state index contributed by atoms with van der Waals surface area (Å²) in [5, 5.41) is 4.84. The lowest BCUT2D eigenvalue weighted by Crippen LogP contribution is -2.16. The minimum absolute atomic E-state index is 0.139.